The average molecular weight is 446 g/mol. The highest BCUT2D eigenvalue weighted by Crippen LogP contribution is 2.33. The van der Waals surface area contributed by atoms with Crippen LogP contribution in [0.1, 0.15) is 34.3 Å². The Labute approximate surface area is 189 Å². The second-order valence-electron chi connectivity index (χ2n) is 8.44. The normalized spacial score (nSPS) is 16.2. The van der Waals surface area contributed by atoms with E-state index in [2.05, 4.69) is 4.90 Å². The van der Waals surface area contributed by atoms with Crippen LogP contribution in [0.2, 0.25) is 0 Å². The molecule has 0 amide bonds. The summed E-state index contributed by atoms with van der Waals surface area (Å²) in [5.41, 5.74) is 1.09. The molecular weight excluding hydrogens is 423 g/mol. The smallest absolute Gasteiger partial charge is 0.408 e. The second kappa shape index (κ2) is 8.42. The molecule has 0 bridgehead atoms. The van der Waals surface area contributed by atoms with Crippen LogP contribution in [0.5, 0.6) is 0 Å². The number of carbonyl (C=O) groups is 1. The number of aromatic nitrogens is 1. The van der Waals surface area contributed by atoms with E-state index >= 15 is 0 Å². The van der Waals surface area contributed by atoms with Crippen molar-refractivity contribution in [2.75, 3.05) is 13.1 Å². The van der Waals surface area contributed by atoms with Crippen molar-refractivity contribution in [3.63, 3.8) is 0 Å². The van der Waals surface area contributed by atoms with Gasteiger partial charge in [-0.1, -0.05) is 42.5 Å². The third kappa shape index (κ3) is 4.01. The molecule has 0 radical (unpaired) electrons. The number of piperidine rings is 1. The summed E-state index contributed by atoms with van der Waals surface area (Å²) in [7, 11) is 0. The number of benzene rings is 3. The molecule has 33 heavy (non-hydrogen) atoms. The summed E-state index contributed by atoms with van der Waals surface area (Å²) >= 11 is 0. The maximum Gasteiger partial charge on any atom is 0.421 e. The lowest BCUT2D eigenvalue weighted by Gasteiger charge is -2.38. The van der Waals surface area contributed by atoms with Gasteiger partial charge >= 0.3 is 5.76 Å². The Morgan fingerprint density at radius 2 is 1.70 bits per heavy atom. The number of fused-ring (bicyclic) bond motifs is 1. The molecule has 2 heterocycles. The van der Waals surface area contributed by atoms with Crippen LogP contribution in [-0.2, 0) is 12.3 Å². The Balaban J connectivity index is 1.35. The fraction of sp³-hybridized carbons (Fsp3) is 0.231. The molecule has 0 unspecified atom stereocenters. The summed E-state index contributed by atoms with van der Waals surface area (Å²) in [5.74, 6) is -1.59. The third-order valence-corrected chi connectivity index (χ3v) is 6.38. The number of halogens is 1. The number of carbonyl (C=O) groups excluding carboxylic acids is 1. The molecule has 1 saturated heterocycles. The number of rotatable bonds is 5. The van der Waals surface area contributed by atoms with Gasteiger partial charge in [0.1, 0.15) is 5.82 Å². The summed E-state index contributed by atoms with van der Waals surface area (Å²) in [5, 5.41) is 11.0. The number of nitrogens with zero attached hydrogens (tertiary/aromatic N) is 2. The fourth-order valence-electron chi connectivity index (χ4n) is 4.44. The number of hydrogen-bond acceptors (Lipinski definition) is 5. The van der Waals surface area contributed by atoms with E-state index in [0.717, 1.165) is 5.56 Å². The van der Waals surface area contributed by atoms with Gasteiger partial charge in [-0.2, -0.15) is 0 Å². The third-order valence-electron chi connectivity index (χ3n) is 6.38. The fourth-order valence-corrected chi connectivity index (χ4v) is 4.44. The van der Waals surface area contributed by atoms with Crippen molar-refractivity contribution >= 4 is 16.9 Å². The summed E-state index contributed by atoms with van der Waals surface area (Å²) in [6.07, 6.45) is 1.12. The van der Waals surface area contributed by atoms with Gasteiger partial charge in [-0.3, -0.25) is 14.3 Å². The van der Waals surface area contributed by atoms with Gasteiger partial charge in [0.25, 0.3) is 0 Å². The molecule has 0 spiro atoms. The molecule has 1 fully saturated rings. The lowest BCUT2D eigenvalue weighted by atomic mass is 9.84. The number of aliphatic hydroxyl groups is 1. The molecule has 0 saturated carbocycles. The molecule has 4 aromatic rings. The van der Waals surface area contributed by atoms with E-state index in [1.54, 1.807) is 18.2 Å². The molecule has 1 aliphatic heterocycles. The van der Waals surface area contributed by atoms with Gasteiger partial charge in [0.2, 0.25) is 0 Å². The van der Waals surface area contributed by atoms with Crippen LogP contribution >= 0.6 is 0 Å². The Hall–Kier alpha value is -3.55. The molecular formula is C26H23FN2O4. The number of oxazole rings is 1. The highest BCUT2D eigenvalue weighted by molar-refractivity contribution is 6.10. The number of ketones is 1. The monoisotopic (exact) mass is 446 g/mol. The minimum absolute atomic E-state index is 0.0298. The molecule has 5 rings (SSSR count). The van der Waals surface area contributed by atoms with Crippen LogP contribution < -0.4 is 5.76 Å². The van der Waals surface area contributed by atoms with E-state index in [9.17, 15) is 19.1 Å². The SMILES string of the molecule is O=C(c1ccc2c(c1)oc(=O)n2CN1CCC(O)(c2ccccc2)CC1)c1ccccc1F. The minimum atomic E-state index is -0.872. The van der Waals surface area contributed by atoms with Gasteiger partial charge in [-0.25, -0.2) is 9.18 Å². The van der Waals surface area contributed by atoms with E-state index in [-0.39, 0.29) is 16.7 Å². The maximum atomic E-state index is 14.0. The van der Waals surface area contributed by atoms with E-state index in [1.807, 2.05) is 30.3 Å². The predicted molar refractivity (Wildman–Crippen MR) is 121 cm³/mol. The second-order valence-corrected chi connectivity index (χ2v) is 8.44. The largest absolute Gasteiger partial charge is 0.421 e. The summed E-state index contributed by atoms with van der Waals surface area (Å²) in [6.45, 7) is 1.56. The first-order chi connectivity index (χ1) is 15.9. The minimum Gasteiger partial charge on any atom is -0.408 e. The van der Waals surface area contributed by atoms with Gasteiger partial charge in [-0.05, 0) is 48.7 Å². The van der Waals surface area contributed by atoms with Crippen LogP contribution in [0.3, 0.4) is 0 Å². The summed E-state index contributed by atoms with van der Waals surface area (Å²) < 4.78 is 20.9. The molecule has 168 valence electrons. The first-order valence-electron chi connectivity index (χ1n) is 10.9. The zero-order valence-electron chi connectivity index (χ0n) is 17.9. The maximum absolute atomic E-state index is 14.0. The highest BCUT2D eigenvalue weighted by Gasteiger charge is 2.34. The van der Waals surface area contributed by atoms with E-state index in [4.69, 9.17) is 4.42 Å². The zero-order valence-corrected chi connectivity index (χ0v) is 17.9. The quantitative estimate of drug-likeness (QED) is 0.471. The van der Waals surface area contributed by atoms with Crippen molar-refractivity contribution in [2.24, 2.45) is 0 Å². The van der Waals surface area contributed by atoms with E-state index < -0.39 is 23.0 Å². The zero-order chi connectivity index (χ0) is 23.0. The lowest BCUT2D eigenvalue weighted by Crippen LogP contribution is -2.44. The van der Waals surface area contributed by atoms with Crippen molar-refractivity contribution in [2.45, 2.75) is 25.1 Å². The molecule has 6 nitrogen and oxygen atoms in total. The van der Waals surface area contributed by atoms with Crippen molar-refractivity contribution in [1.82, 2.24) is 9.47 Å². The first kappa shape index (κ1) is 21.3. The molecule has 0 aliphatic carbocycles. The molecule has 3 aromatic carbocycles. The van der Waals surface area contributed by atoms with Crippen LogP contribution in [0.25, 0.3) is 11.1 Å². The van der Waals surface area contributed by atoms with Crippen molar-refractivity contribution in [3.8, 4) is 0 Å². The molecule has 0 atom stereocenters. The molecule has 7 heteroatoms. The molecule has 1 aromatic heterocycles. The van der Waals surface area contributed by atoms with Crippen LogP contribution in [0.15, 0.2) is 82.0 Å². The van der Waals surface area contributed by atoms with Gasteiger partial charge in [0.05, 0.1) is 23.3 Å². The van der Waals surface area contributed by atoms with Gasteiger partial charge in [0, 0.05) is 18.7 Å². The van der Waals surface area contributed by atoms with Crippen molar-refractivity contribution < 1.29 is 18.7 Å². The van der Waals surface area contributed by atoms with E-state index in [0.29, 0.717) is 38.1 Å². The predicted octanol–water partition coefficient (Wildman–Crippen LogP) is 3.91. The van der Waals surface area contributed by atoms with Gasteiger partial charge in [0.15, 0.2) is 11.4 Å². The van der Waals surface area contributed by atoms with Crippen molar-refractivity contribution in [3.05, 3.63) is 106 Å². The molecule has 1 N–H and O–H groups in total. The van der Waals surface area contributed by atoms with Crippen LogP contribution in [0.4, 0.5) is 4.39 Å². The Morgan fingerprint density at radius 1 is 1.00 bits per heavy atom. The van der Waals surface area contributed by atoms with E-state index in [1.165, 1.54) is 28.8 Å². The van der Waals surface area contributed by atoms with Gasteiger partial charge in [-0.15, -0.1) is 0 Å². The van der Waals surface area contributed by atoms with Crippen molar-refractivity contribution in [1.29, 1.82) is 0 Å². The van der Waals surface area contributed by atoms with Crippen LogP contribution in [0, 0.1) is 5.82 Å². The summed E-state index contributed by atoms with van der Waals surface area (Å²) in [6, 6.07) is 20.1. The average Bonchev–Trinajstić information content (AvgIpc) is 3.15. The van der Waals surface area contributed by atoms with Gasteiger partial charge < -0.3 is 9.52 Å². The van der Waals surface area contributed by atoms with Crippen LogP contribution in [-0.4, -0.2) is 33.4 Å². The number of likely N-dealkylation sites (tertiary alicyclic amines) is 1. The highest BCUT2D eigenvalue weighted by atomic mass is 19.1. The Morgan fingerprint density at radius 3 is 2.42 bits per heavy atom. The molecule has 1 aliphatic rings. The standard InChI is InChI=1S/C26H23FN2O4/c27-21-9-5-4-8-20(21)24(30)18-10-11-22-23(16-18)33-25(31)29(22)17-28-14-12-26(32,13-15-28)19-6-2-1-3-7-19/h1-11,16,32H,12-15,17H2. The number of hydrogen-bond donors (Lipinski definition) is 1. The Bertz CT molecular complexity index is 1370. The topological polar surface area (TPSA) is 75.7 Å². The lowest BCUT2D eigenvalue weighted by molar-refractivity contribution is -0.0327. The first-order valence-corrected chi connectivity index (χ1v) is 10.9. The Kier molecular flexibility index (Phi) is 5.44. The summed E-state index contributed by atoms with van der Waals surface area (Å²) in [4.78, 5) is 27.3.